The number of rotatable bonds is 6. The lowest BCUT2D eigenvalue weighted by atomic mass is 9.97. The second-order valence-corrected chi connectivity index (χ2v) is 9.24. The molecule has 2 bridgehead atoms. The Hall–Kier alpha value is -2.86. The predicted octanol–water partition coefficient (Wildman–Crippen LogP) is 2.14. The molecular formula is C24H32FN5O3. The number of nitrogens with zero attached hydrogens (tertiary/aromatic N) is 4. The Morgan fingerprint density at radius 3 is 2.70 bits per heavy atom. The van der Waals surface area contributed by atoms with E-state index in [9.17, 15) is 19.2 Å². The van der Waals surface area contributed by atoms with E-state index in [1.165, 1.54) is 11.0 Å². The highest BCUT2D eigenvalue weighted by atomic mass is 19.1. The van der Waals surface area contributed by atoms with Crippen molar-refractivity contribution in [3.63, 3.8) is 0 Å². The average molecular weight is 458 g/mol. The van der Waals surface area contributed by atoms with Crippen molar-refractivity contribution in [1.82, 2.24) is 15.1 Å². The molecule has 9 heteroatoms. The Morgan fingerprint density at radius 2 is 2.03 bits per heavy atom. The number of fused-ring (bicyclic) bond motifs is 2. The van der Waals surface area contributed by atoms with Crippen molar-refractivity contribution >= 4 is 17.7 Å². The maximum Gasteiger partial charge on any atom is 0.410 e. The first kappa shape index (κ1) is 23.3. The second kappa shape index (κ2) is 9.96. The molecule has 4 unspecified atom stereocenters. The third kappa shape index (κ3) is 4.91. The summed E-state index contributed by atoms with van der Waals surface area (Å²) in [7, 11) is 2.07. The van der Waals surface area contributed by atoms with Gasteiger partial charge in [-0.1, -0.05) is 6.07 Å². The lowest BCUT2D eigenvalue weighted by Crippen LogP contribution is -2.54. The van der Waals surface area contributed by atoms with Gasteiger partial charge in [0.2, 0.25) is 5.91 Å². The highest BCUT2D eigenvalue weighted by Crippen LogP contribution is 2.42. The number of nitriles is 1. The van der Waals surface area contributed by atoms with Crippen LogP contribution >= 0.6 is 0 Å². The van der Waals surface area contributed by atoms with Gasteiger partial charge in [-0.25, -0.2) is 9.18 Å². The summed E-state index contributed by atoms with van der Waals surface area (Å²) < 4.78 is 20.0. The minimum atomic E-state index is -0.885. The highest BCUT2D eigenvalue weighted by Gasteiger charge is 2.52. The number of amides is 2. The summed E-state index contributed by atoms with van der Waals surface area (Å²) in [5.74, 6) is -0.677. The van der Waals surface area contributed by atoms with Crippen LogP contribution in [0.2, 0.25) is 0 Å². The summed E-state index contributed by atoms with van der Waals surface area (Å²) in [5, 5.41) is 12.4. The van der Waals surface area contributed by atoms with Gasteiger partial charge in [0, 0.05) is 44.3 Å². The summed E-state index contributed by atoms with van der Waals surface area (Å²) in [6, 6.07) is 5.64. The number of benzene rings is 1. The molecule has 3 fully saturated rings. The molecule has 0 aromatic heterocycles. The van der Waals surface area contributed by atoms with Crippen LogP contribution in [0.15, 0.2) is 18.2 Å². The number of nitrogens with one attached hydrogen (secondary N) is 1. The summed E-state index contributed by atoms with van der Waals surface area (Å²) in [4.78, 5) is 31.4. The van der Waals surface area contributed by atoms with Gasteiger partial charge in [0.1, 0.15) is 17.9 Å². The zero-order chi connectivity index (χ0) is 23.5. The number of carbonyl (C=O) groups excluding carboxylic acids is 2. The SMILES string of the molecule is CCOC(=O)N1C2CCC(C2)C1C(=O)NC(C#N)Cc1ccc(N2CCN(C)CC2)cc1F. The van der Waals surface area contributed by atoms with Gasteiger partial charge in [-0.2, -0.15) is 5.26 Å². The molecule has 1 aromatic carbocycles. The fourth-order valence-electron chi connectivity index (χ4n) is 5.36. The van der Waals surface area contributed by atoms with Gasteiger partial charge in [-0.05, 0) is 56.8 Å². The zero-order valence-electron chi connectivity index (χ0n) is 19.3. The maximum absolute atomic E-state index is 14.9. The average Bonchev–Trinajstić information content (AvgIpc) is 3.42. The minimum Gasteiger partial charge on any atom is -0.450 e. The van der Waals surface area contributed by atoms with Gasteiger partial charge < -0.3 is 19.9 Å². The molecule has 3 aliphatic rings. The topological polar surface area (TPSA) is 88.9 Å². The summed E-state index contributed by atoms with van der Waals surface area (Å²) in [5.41, 5.74) is 1.21. The van der Waals surface area contributed by atoms with Gasteiger partial charge in [0.05, 0.1) is 12.7 Å². The Labute approximate surface area is 194 Å². The van der Waals surface area contributed by atoms with Gasteiger partial charge >= 0.3 is 6.09 Å². The predicted molar refractivity (Wildman–Crippen MR) is 121 cm³/mol. The number of ether oxygens (including phenoxy) is 1. The van der Waals surface area contributed by atoms with E-state index in [2.05, 4.69) is 28.2 Å². The maximum atomic E-state index is 14.9. The Morgan fingerprint density at radius 1 is 1.27 bits per heavy atom. The third-order valence-electron chi connectivity index (χ3n) is 7.13. The number of hydrogen-bond donors (Lipinski definition) is 1. The van der Waals surface area contributed by atoms with Crippen LogP contribution in [0.4, 0.5) is 14.9 Å². The van der Waals surface area contributed by atoms with Gasteiger partial charge in [0.15, 0.2) is 0 Å². The van der Waals surface area contributed by atoms with E-state index < -0.39 is 18.2 Å². The number of anilines is 1. The van der Waals surface area contributed by atoms with Crippen molar-refractivity contribution in [2.24, 2.45) is 5.92 Å². The first-order valence-corrected chi connectivity index (χ1v) is 11.8. The van der Waals surface area contributed by atoms with Crippen molar-refractivity contribution < 1.29 is 18.7 Å². The molecule has 2 aliphatic heterocycles. The number of hydrogen-bond acceptors (Lipinski definition) is 6. The zero-order valence-corrected chi connectivity index (χ0v) is 19.3. The first-order chi connectivity index (χ1) is 15.9. The molecule has 1 aromatic rings. The highest BCUT2D eigenvalue weighted by molar-refractivity contribution is 5.87. The molecule has 4 atom stereocenters. The van der Waals surface area contributed by atoms with E-state index in [1.807, 2.05) is 6.07 Å². The molecule has 1 aliphatic carbocycles. The first-order valence-electron chi connectivity index (χ1n) is 11.8. The summed E-state index contributed by atoms with van der Waals surface area (Å²) >= 11 is 0. The third-order valence-corrected chi connectivity index (χ3v) is 7.13. The second-order valence-electron chi connectivity index (χ2n) is 9.24. The van der Waals surface area contributed by atoms with E-state index >= 15 is 0 Å². The molecule has 2 amide bonds. The van der Waals surface area contributed by atoms with Crippen LogP contribution in [-0.2, 0) is 16.0 Å². The molecule has 0 spiro atoms. The molecule has 1 N–H and O–H groups in total. The fourth-order valence-corrected chi connectivity index (χ4v) is 5.36. The molecular weight excluding hydrogens is 425 g/mol. The smallest absolute Gasteiger partial charge is 0.410 e. The number of likely N-dealkylation sites (tertiary alicyclic amines) is 1. The van der Waals surface area contributed by atoms with E-state index in [1.54, 1.807) is 13.0 Å². The molecule has 178 valence electrons. The van der Waals surface area contributed by atoms with Crippen molar-refractivity contribution in [1.29, 1.82) is 5.26 Å². The minimum absolute atomic E-state index is 0.00454. The molecule has 33 heavy (non-hydrogen) atoms. The van der Waals surface area contributed by atoms with Crippen LogP contribution in [0.3, 0.4) is 0 Å². The molecule has 8 nitrogen and oxygen atoms in total. The van der Waals surface area contributed by atoms with E-state index in [0.29, 0.717) is 5.56 Å². The standard InChI is InChI=1S/C24H32FN5O3/c1-3-33-24(32)30-20-7-5-17(13-20)22(30)23(31)27-18(15-26)12-16-4-6-19(14-21(16)25)29-10-8-28(2)9-11-29/h4,6,14,17-18,20,22H,3,5,7-13H2,1-2H3,(H,27,31). The van der Waals surface area contributed by atoms with E-state index in [4.69, 9.17) is 4.74 Å². The van der Waals surface area contributed by atoms with Crippen molar-refractivity contribution in [2.75, 3.05) is 44.7 Å². The largest absolute Gasteiger partial charge is 0.450 e. The summed E-state index contributed by atoms with van der Waals surface area (Å²) in [6.07, 6.45) is 2.09. The Bertz CT molecular complexity index is 927. The van der Waals surface area contributed by atoms with Gasteiger partial charge in [0.25, 0.3) is 0 Å². The lowest BCUT2D eigenvalue weighted by Gasteiger charge is -2.34. The van der Waals surface area contributed by atoms with Crippen molar-refractivity contribution in [2.45, 2.75) is 50.7 Å². The molecule has 4 rings (SSSR count). The lowest BCUT2D eigenvalue weighted by molar-refractivity contribution is -0.127. The molecule has 0 radical (unpaired) electrons. The van der Waals surface area contributed by atoms with Crippen LogP contribution in [0, 0.1) is 23.1 Å². The van der Waals surface area contributed by atoms with E-state index in [0.717, 1.165) is 51.1 Å². The van der Waals surface area contributed by atoms with Crippen LogP contribution in [-0.4, -0.2) is 79.8 Å². The monoisotopic (exact) mass is 457 g/mol. The number of carbonyl (C=O) groups is 2. The van der Waals surface area contributed by atoms with Crippen LogP contribution in [0.5, 0.6) is 0 Å². The fraction of sp³-hybridized carbons (Fsp3) is 0.625. The molecule has 1 saturated carbocycles. The van der Waals surface area contributed by atoms with Crippen molar-refractivity contribution in [3.05, 3.63) is 29.6 Å². The van der Waals surface area contributed by atoms with Gasteiger partial charge in [-0.15, -0.1) is 0 Å². The van der Waals surface area contributed by atoms with Crippen LogP contribution < -0.4 is 10.2 Å². The normalized spacial score (nSPS) is 25.6. The number of likely N-dealkylation sites (N-methyl/N-ethyl adjacent to an activating group) is 1. The molecule has 2 saturated heterocycles. The van der Waals surface area contributed by atoms with Crippen LogP contribution in [0.25, 0.3) is 0 Å². The van der Waals surface area contributed by atoms with Crippen molar-refractivity contribution in [3.8, 4) is 6.07 Å². The Kier molecular flexibility index (Phi) is 7.03. The Balaban J connectivity index is 1.40. The number of halogens is 1. The van der Waals surface area contributed by atoms with E-state index in [-0.39, 0.29) is 36.7 Å². The number of piperidine rings is 1. The molecule has 2 heterocycles. The summed E-state index contributed by atoms with van der Waals surface area (Å²) in [6.45, 7) is 5.51. The quantitative estimate of drug-likeness (QED) is 0.704. The van der Waals surface area contributed by atoms with Crippen LogP contribution in [0.1, 0.15) is 31.7 Å². The van der Waals surface area contributed by atoms with Gasteiger partial charge in [-0.3, -0.25) is 9.69 Å². The number of piperazine rings is 1.